The minimum atomic E-state index is -0.900. The fourth-order valence-electron chi connectivity index (χ4n) is 3.61. The van der Waals surface area contributed by atoms with Crippen LogP contribution in [-0.4, -0.2) is 29.3 Å². The van der Waals surface area contributed by atoms with E-state index in [0.29, 0.717) is 18.8 Å². The number of carboxylic acids is 1. The first-order chi connectivity index (χ1) is 13.1. The number of aryl methyl sites for hydroxylation is 2. The lowest BCUT2D eigenvalue weighted by atomic mass is 10.1. The summed E-state index contributed by atoms with van der Waals surface area (Å²) in [5.41, 5.74) is 4.66. The van der Waals surface area contributed by atoms with E-state index in [4.69, 9.17) is 4.74 Å². The second kappa shape index (κ2) is 8.27. The number of nitrogens with one attached hydrogen (secondary N) is 1. The lowest BCUT2D eigenvalue weighted by Gasteiger charge is -2.09. The number of carboxylic acid groups (broad SMARTS) is 1. The van der Waals surface area contributed by atoms with Crippen molar-refractivity contribution in [3.8, 4) is 5.75 Å². The molecule has 0 saturated heterocycles. The Kier molecular flexibility index (Phi) is 5.81. The maximum absolute atomic E-state index is 11.9. The fourth-order valence-corrected chi connectivity index (χ4v) is 3.61. The monoisotopic (exact) mass is 366 g/mol. The van der Waals surface area contributed by atoms with Gasteiger partial charge in [-0.1, -0.05) is 24.3 Å². The average Bonchev–Trinajstić information content (AvgIpc) is 2.99. The van der Waals surface area contributed by atoms with Crippen LogP contribution >= 0.6 is 0 Å². The third-order valence-corrected chi connectivity index (χ3v) is 5.03. The van der Waals surface area contributed by atoms with Gasteiger partial charge >= 0.3 is 5.97 Å². The third kappa shape index (κ3) is 3.83. The predicted molar refractivity (Wildman–Crippen MR) is 108 cm³/mol. The number of fused-ring (bicyclic) bond motifs is 1. The first-order valence-electron chi connectivity index (χ1n) is 9.24. The van der Waals surface area contributed by atoms with Gasteiger partial charge < -0.3 is 19.7 Å². The lowest BCUT2D eigenvalue weighted by molar-refractivity contribution is 0.0684. The van der Waals surface area contributed by atoms with Crippen molar-refractivity contribution in [3.63, 3.8) is 0 Å². The summed E-state index contributed by atoms with van der Waals surface area (Å²) >= 11 is 0. The zero-order valence-electron chi connectivity index (χ0n) is 16.1. The highest BCUT2D eigenvalue weighted by molar-refractivity contribution is 5.98. The van der Waals surface area contributed by atoms with Gasteiger partial charge in [0.05, 0.1) is 12.6 Å². The van der Waals surface area contributed by atoms with Gasteiger partial charge in [-0.2, -0.15) is 0 Å². The van der Waals surface area contributed by atoms with Gasteiger partial charge in [-0.3, -0.25) is 0 Å². The number of nitrogens with zero attached hydrogens (tertiary/aromatic N) is 1. The lowest BCUT2D eigenvalue weighted by Crippen LogP contribution is -2.19. The number of ether oxygens (including phenoxy) is 1. The molecular formula is C22H26N2O3. The molecule has 0 fully saturated rings. The van der Waals surface area contributed by atoms with Gasteiger partial charge in [0.1, 0.15) is 11.4 Å². The topological polar surface area (TPSA) is 63.5 Å². The number of aromatic nitrogens is 1. The van der Waals surface area contributed by atoms with E-state index in [1.54, 1.807) is 7.11 Å². The summed E-state index contributed by atoms with van der Waals surface area (Å²) in [7, 11) is 1.62. The smallest absolute Gasteiger partial charge is 0.352 e. The summed E-state index contributed by atoms with van der Waals surface area (Å²) in [5, 5.41) is 14.2. The van der Waals surface area contributed by atoms with E-state index in [-0.39, 0.29) is 0 Å². The molecule has 3 rings (SSSR count). The highest BCUT2D eigenvalue weighted by Crippen LogP contribution is 2.29. The molecule has 2 N–H and O–H groups in total. The fraction of sp³-hybridized carbons (Fsp3) is 0.318. The first kappa shape index (κ1) is 19.0. The van der Waals surface area contributed by atoms with E-state index < -0.39 is 5.97 Å². The maximum Gasteiger partial charge on any atom is 0.352 e. The Morgan fingerprint density at radius 2 is 2.00 bits per heavy atom. The van der Waals surface area contributed by atoms with Gasteiger partial charge in [-0.05, 0) is 50.1 Å². The quantitative estimate of drug-likeness (QED) is 0.591. The van der Waals surface area contributed by atoms with Crippen LogP contribution < -0.4 is 10.1 Å². The Bertz CT molecular complexity index is 960. The van der Waals surface area contributed by atoms with Crippen molar-refractivity contribution in [1.29, 1.82) is 0 Å². The van der Waals surface area contributed by atoms with Crippen LogP contribution in [0.1, 0.15) is 34.1 Å². The first-order valence-corrected chi connectivity index (χ1v) is 9.24. The number of rotatable bonds is 8. The molecule has 3 aromatic rings. The molecule has 1 aromatic heterocycles. The SMILES string of the molecule is CCn1c(C(=O)O)c(CNCCc2ccccc2C)c2ccc(OC)cc21. The number of methoxy groups -OCH3 is 1. The van der Waals surface area contributed by atoms with E-state index in [2.05, 4.69) is 24.4 Å². The summed E-state index contributed by atoms with van der Waals surface area (Å²) in [5.74, 6) is -0.173. The number of carbonyl (C=O) groups is 1. The standard InChI is InChI=1S/C22H26N2O3/c1-4-24-20-13-17(27-3)9-10-18(20)19(21(24)22(25)26)14-23-12-11-16-8-6-5-7-15(16)2/h5-10,13,23H,4,11-12,14H2,1-3H3,(H,25,26). The molecule has 0 unspecified atom stereocenters. The number of aromatic carboxylic acids is 1. The van der Waals surface area contributed by atoms with E-state index in [0.717, 1.165) is 35.2 Å². The van der Waals surface area contributed by atoms with E-state index in [9.17, 15) is 9.90 Å². The van der Waals surface area contributed by atoms with Crippen molar-refractivity contribution in [2.45, 2.75) is 33.4 Å². The molecule has 0 saturated carbocycles. The van der Waals surface area contributed by atoms with Crippen molar-refractivity contribution in [2.24, 2.45) is 0 Å². The van der Waals surface area contributed by atoms with Gasteiger partial charge in [0, 0.05) is 30.1 Å². The largest absolute Gasteiger partial charge is 0.497 e. The average molecular weight is 366 g/mol. The summed E-state index contributed by atoms with van der Waals surface area (Å²) < 4.78 is 7.16. The second-order valence-corrected chi connectivity index (χ2v) is 6.61. The van der Waals surface area contributed by atoms with Crippen molar-refractivity contribution in [2.75, 3.05) is 13.7 Å². The van der Waals surface area contributed by atoms with Crippen LogP contribution in [-0.2, 0) is 19.5 Å². The highest BCUT2D eigenvalue weighted by Gasteiger charge is 2.21. The molecule has 5 nitrogen and oxygen atoms in total. The molecule has 0 atom stereocenters. The van der Waals surface area contributed by atoms with Crippen molar-refractivity contribution in [3.05, 3.63) is 64.8 Å². The van der Waals surface area contributed by atoms with Crippen LogP contribution in [0.25, 0.3) is 10.9 Å². The van der Waals surface area contributed by atoms with Gasteiger partial charge in [0.25, 0.3) is 0 Å². The minimum Gasteiger partial charge on any atom is -0.497 e. The molecule has 0 aliphatic heterocycles. The molecule has 0 radical (unpaired) electrons. The number of hydrogen-bond donors (Lipinski definition) is 2. The van der Waals surface area contributed by atoms with E-state index in [1.165, 1.54) is 11.1 Å². The van der Waals surface area contributed by atoms with Gasteiger partial charge in [0.2, 0.25) is 0 Å². The van der Waals surface area contributed by atoms with Crippen LogP contribution in [0, 0.1) is 6.92 Å². The summed E-state index contributed by atoms with van der Waals surface area (Å²) in [6, 6.07) is 14.1. The van der Waals surface area contributed by atoms with Gasteiger partial charge in [-0.15, -0.1) is 0 Å². The van der Waals surface area contributed by atoms with Crippen LogP contribution in [0.5, 0.6) is 5.75 Å². The Balaban J connectivity index is 1.85. The van der Waals surface area contributed by atoms with E-state index in [1.807, 2.05) is 41.8 Å². The van der Waals surface area contributed by atoms with E-state index >= 15 is 0 Å². The molecule has 27 heavy (non-hydrogen) atoms. The maximum atomic E-state index is 11.9. The number of benzene rings is 2. The van der Waals surface area contributed by atoms with Gasteiger partial charge in [-0.25, -0.2) is 4.79 Å². The highest BCUT2D eigenvalue weighted by atomic mass is 16.5. The Morgan fingerprint density at radius 1 is 1.22 bits per heavy atom. The van der Waals surface area contributed by atoms with Crippen LogP contribution in [0.4, 0.5) is 0 Å². The molecule has 0 bridgehead atoms. The molecule has 5 heteroatoms. The summed E-state index contributed by atoms with van der Waals surface area (Å²) in [6.07, 6.45) is 0.912. The van der Waals surface area contributed by atoms with Crippen molar-refractivity contribution < 1.29 is 14.6 Å². The third-order valence-electron chi connectivity index (χ3n) is 5.03. The van der Waals surface area contributed by atoms with Gasteiger partial charge in [0.15, 0.2) is 0 Å². The zero-order valence-corrected chi connectivity index (χ0v) is 16.1. The number of hydrogen-bond acceptors (Lipinski definition) is 3. The molecule has 2 aromatic carbocycles. The predicted octanol–water partition coefficient (Wildman–Crippen LogP) is 4.01. The summed E-state index contributed by atoms with van der Waals surface area (Å²) in [4.78, 5) is 11.9. The van der Waals surface area contributed by atoms with Crippen LogP contribution in [0.15, 0.2) is 42.5 Å². The summed E-state index contributed by atoms with van der Waals surface area (Å²) in [6.45, 7) is 5.97. The minimum absolute atomic E-state index is 0.351. The molecule has 0 amide bonds. The normalized spacial score (nSPS) is 11.1. The van der Waals surface area contributed by atoms with Crippen molar-refractivity contribution >= 4 is 16.9 Å². The molecular weight excluding hydrogens is 340 g/mol. The van der Waals surface area contributed by atoms with Crippen molar-refractivity contribution in [1.82, 2.24) is 9.88 Å². The second-order valence-electron chi connectivity index (χ2n) is 6.61. The molecule has 1 heterocycles. The van der Waals surface area contributed by atoms with Crippen LogP contribution in [0.3, 0.4) is 0 Å². The Hall–Kier alpha value is -2.79. The Morgan fingerprint density at radius 3 is 2.67 bits per heavy atom. The molecule has 142 valence electrons. The molecule has 0 aliphatic rings. The molecule has 0 spiro atoms. The zero-order chi connectivity index (χ0) is 19.4. The Labute approximate surface area is 159 Å². The molecule has 0 aliphatic carbocycles. The van der Waals surface area contributed by atoms with Crippen LogP contribution in [0.2, 0.25) is 0 Å².